The number of hydrogen-bond donors (Lipinski definition) is 0. The number of para-hydroxylation sites is 1. The highest BCUT2D eigenvalue weighted by molar-refractivity contribution is 6.14. The molecule has 0 aromatic heterocycles. The van der Waals surface area contributed by atoms with Gasteiger partial charge in [0.2, 0.25) is 0 Å². The van der Waals surface area contributed by atoms with E-state index in [1.54, 1.807) is 6.07 Å². The van der Waals surface area contributed by atoms with E-state index >= 15 is 0 Å². The quantitative estimate of drug-likeness (QED) is 0.870. The Kier molecular flexibility index (Phi) is 4.20. The summed E-state index contributed by atoms with van der Waals surface area (Å²) in [5.41, 5.74) is 2.48. The Morgan fingerprint density at radius 1 is 1.18 bits per heavy atom. The molecular formula is C18H19FN2O. The van der Waals surface area contributed by atoms with Crippen molar-refractivity contribution in [2.45, 2.75) is 6.04 Å². The summed E-state index contributed by atoms with van der Waals surface area (Å²) in [6.07, 6.45) is 0. The predicted molar refractivity (Wildman–Crippen MR) is 86.3 cm³/mol. The van der Waals surface area contributed by atoms with E-state index in [0.29, 0.717) is 6.61 Å². The Balaban J connectivity index is 2.09. The van der Waals surface area contributed by atoms with Crippen molar-refractivity contribution in [3.8, 4) is 5.75 Å². The fourth-order valence-electron chi connectivity index (χ4n) is 2.64. The van der Waals surface area contributed by atoms with Gasteiger partial charge < -0.3 is 9.64 Å². The molecule has 114 valence electrons. The molecule has 1 atom stereocenters. The molecule has 22 heavy (non-hydrogen) atoms. The van der Waals surface area contributed by atoms with Gasteiger partial charge in [0, 0.05) is 17.7 Å². The number of likely N-dealkylation sites (N-methyl/N-ethyl adjacent to an activating group) is 1. The molecule has 1 heterocycles. The SMILES string of the molecule is CN(C)CC1COc2ccccc2C(c2cccc(F)c2)=N1. The molecule has 3 nitrogen and oxygen atoms in total. The number of rotatable bonds is 3. The Bertz CT molecular complexity index is 697. The molecule has 2 aromatic rings. The number of ether oxygens (including phenoxy) is 1. The zero-order valence-corrected chi connectivity index (χ0v) is 12.8. The van der Waals surface area contributed by atoms with Crippen LogP contribution in [0.4, 0.5) is 4.39 Å². The molecule has 0 saturated heterocycles. The molecule has 0 amide bonds. The lowest BCUT2D eigenvalue weighted by atomic mass is 10.0. The lowest BCUT2D eigenvalue weighted by Crippen LogP contribution is -2.29. The van der Waals surface area contributed by atoms with E-state index in [2.05, 4.69) is 4.90 Å². The van der Waals surface area contributed by atoms with Crippen LogP contribution >= 0.6 is 0 Å². The van der Waals surface area contributed by atoms with Crippen LogP contribution in [0.3, 0.4) is 0 Å². The second-order valence-corrected chi connectivity index (χ2v) is 5.71. The molecule has 0 bridgehead atoms. The average molecular weight is 298 g/mol. The fraction of sp³-hybridized carbons (Fsp3) is 0.278. The average Bonchev–Trinajstić information content (AvgIpc) is 2.67. The molecule has 0 aliphatic carbocycles. The molecule has 0 N–H and O–H groups in total. The number of aliphatic imine (C=N–C) groups is 1. The molecule has 0 fully saturated rings. The van der Waals surface area contributed by atoms with Crippen molar-refractivity contribution in [3.05, 3.63) is 65.5 Å². The van der Waals surface area contributed by atoms with Gasteiger partial charge in [-0.2, -0.15) is 0 Å². The molecule has 0 saturated carbocycles. The normalized spacial score (nSPS) is 17.5. The third-order valence-corrected chi connectivity index (χ3v) is 3.56. The highest BCUT2D eigenvalue weighted by Crippen LogP contribution is 2.26. The maximum atomic E-state index is 13.6. The van der Waals surface area contributed by atoms with Crippen LogP contribution < -0.4 is 4.74 Å². The minimum Gasteiger partial charge on any atom is -0.491 e. The van der Waals surface area contributed by atoms with Gasteiger partial charge in [0.1, 0.15) is 18.2 Å². The first-order valence-electron chi connectivity index (χ1n) is 7.34. The topological polar surface area (TPSA) is 24.8 Å². The van der Waals surface area contributed by atoms with Crippen molar-refractivity contribution in [3.63, 3.8) is 0 Å². The molecule has 1 aliphatic heterocycles. The van der Waals surface area contributed by atoms with Gasteiger partial charge in [-0.1, -0.05) is 24.3 Å². The van der Waals surface area contributed by atoms with Crippen LogP contribution in [0, 0.1) is 5.82 Å². The molecular weight excluding hydrogens is 279 g/mol. The van der Waals surface area contributed by atoms with Gasteiger partial charge >= 0.3 is 0 Å². The summed E-state index contributed by atoms with van der Waals surface area (Å²) in [4.78, 5) is 6.93. The number of benzene rings is 2. The highest BCUT2D eigenvalue weighted by Gasteiger charge is 2.21. The van der Waals surface area contributed by atoms with Gasteiger partial charge in [0.05, 0.1) is 11.8 Å². The van der Waals surface area contributed by atoms with Crippen molar-refractivity contribution in [1.82, 2.24) is 4.90 Å². The van der Waals surface area contributed by atoms with Gasteiger partial charge in [0.25, 0.3) is 0 Å². The Morgan fingerprint density at radius 2 is 2.00 bits per heavy atom. The van der Waals surface area contributed by atoms with Crippen LogP contribution in [0.15, 0.2) is 53.5 Å². The zero-order chi connectivity index (χ0) is 15.5. The standard InChI is InChI=1S/C18H19FN2O/c1-21(2)11-15-12-22-17-9-4-3-8-16(17)18(20-15)13-6-5-7-14(19)10-13/h3-10,15H,11-12H2,1-2H3. The minimum atomic E-state index is -0.257. The van der Waals surface area contributed by atoms with Crippen LogP contribution in [-0.4, -0.2) is 43.9 Å². The molecule has 1 unspecified atom stereocenters. The zero-order valence-electron chi connectivity index (χ0n) is 12.8. The molecule has 0 radical (unpaired) electrons. The lowest BCUT2D eigenvalue weighted by Gasteiger charge is -2.16. The van der Waals surface area contributed by atoms with Crippen molar-refractivity contribution in [2.75, 3.05) is 27.2 Å². The van der Waals surface area contributed by atoms with Gasteiger partial charge in [-0.25, -0.2) is 4.39 Å². The first-order valence-corrected chi connectivity index (χ1v) is 7.34. The first-order chi connectivity index (χ1) is 10.6. The molecule has 1 aliphatic rings. The van der Waals surface area contributed by atoms with Gasteiger partial charge in [0.15, 0.2) is 0 Å². The maximum absolute atomic E-state index is 13.6. The predicted octanol–water partition coefficient (Wildman–Crippen LogP) is 2.99. The second-order valence-electron chi connectivity index (χ2n) is 5.71. The Hall–Kier alpha value is -2.20. The smallest absolute Gasteiger partial charge is 0.128 e. The molecule has 0 spiro atoms. The van der Waals surface area contributed by atoms with E-state index in [9.17, 15) is 4.39 Å². The van der Waals surface area contributed by atoms with E-state index in [4.69, 9.17) is 9.73 Å². The maximum Gasteiger partial charge on any atom is 0.128 e. The number of fused-ring (bicyclic) bond motifs is 1. The second kappa shape index (κ2) is 6.28. The van der Waals surface area contributed by atoms with E-state index in [1.807, 2.05) is 44.4 Å². The number of halogens is 1. The number of hydrogen-bond acceptors (Lipinski definition) is 3. The van der Waals surface area contributed by atoms with Crippen LogP contribution in [0.1, 0.15) is 11.1 Å². The van der Waals surface area contributed by atoms with Crippen molar-refractivity contribution in [1.29, 1.82) is 0 Å². The first kappa shape index (κ1) is 14.7. The summed E-state index contributed by atoms with van der Waals surface area (Å²) in [5.74, 6) is 0.541. The van der Waals surface area contributed by atoms with Gasteiger partial charge in [-0.15, -0.1) is 0 Å². The summed E-state index contributed by atoms with van der Waals surface area (Å²) in [6, 6.07) is 14.4. The summed E-state index contributed by atoms with van der Waals surface area (Å²) in [7, 11) is 4.02. The van der Waals surface area contributed by atoms with Crippen molar-refractivity contribution in [2.24, 2.45) is 4.99 Å². The van der Waals surface area contributed by atoms with Crippen LogP contribution in [0.5, 0.6) is 5.75 Å². The minimum absolute atomic E-state index is 0.0145. The summed E-state index contributed by atoms with van der Waals surface area (Å²) >= 11 is 0. The Labute approximate surface area is 130 Å². The van der Waals surface area contributed by atoms with E-state index in [-0.39, 0.29) is 11.9 Å². The third kappa shape index (κ3) is 3.17. The van der Waals surface area contributed by atoms with Crippen LogP contribution in [0.2, 0.25) is 0 Å². The van der Waals surface area contributed by atoms with Gasteiger partial charge in [-0.05, 0) is 38.4 Å². The summed E-state index contributed by atoms with van der Waals surface area (Å²) in [6.45, 7) is 1.31. The lowest BCUT2D eigenvalue weighted by molar-refractivity contribution is 0.258. The van der Waals surface area contributed by atoms with E-state index < -0.39 is 0 Å². The summed E-state index contributed by atoms with van der Waals surface area (Å²) < 4.78 is 19.5. The fourth-order valence-corrected chi connectivity index (χ4v) is 2.64. The monoisotopic (exact) mass is 298 g/mol. The van der Waals surface area contributed by atoms with Crippen LogP contribution in [-0.2, 0) is 0 Å². The van der Waals surface area contributed by atoms with E-state index in [0.717, 1.165) is 29.1 Å². The molecule has 2 aromatic carbocycles. The molecule has 4 heteroatoms. The summed E-state index contributed by atoms with van der Waals surface area (Å²) in [5, 5.41) is 0. The third-order valence-electron chi connectivity index (χ3n) is 3.56. The Morgan fingerprint density at radius 3 is 2.77 bits per heavy atom. The number of nitrogens with zero attached hydrogens (tertiary/aromatic N) is 2. The largest absolute Gasteiger partial charge is 0.491 e. The molecule has 3 rings (SSSR count). The van der Waals surface area contributed by atoms with Crippen molar-refractivity contribution < 1.29 is 9.13 Å². The highest BCUT2D eigenvalue weighted by atomic mass is 19.1. The van der Waals surface area contributed by atoms with Gasteiger partial charge in [-0.3, -0.25) is 4.99 Å². The van der Waals surface area contributed by atoms with Crippen molar-refractivity contribution >= 4 is 5.71 Å². The van der Waals surface area contributed by atoms with E-state index in [1.165, 1.54) is 12.1 Å². The van der Waals surface area contributed by atoms with Crippen LogP contribution in [0.25, 0.3) is 0 Å².